The van der Waals surface area contributed by atoms with Gasteiger partial charge in [0.25, 0.3) is 0 Å². The Kier molecular flexibility index (Phi) is 8.33. The fourth-order valence-corrected chi connectivity index (χ4v) is 1.58. The smallest absolute Gasteiger partial charge is 0.233 e. The summed E-state index contributed by atoms with van der Waals surface area (Å²) >= 11 is 0. The first-order valence-corrected chi connectivity index (χ1v) is 5.81. The minimum Gasteiger partial charge on any atom is -0.304 e. The maximum atomic E-state index is 10.8. The molecule has 0 radical (unpaired) electrons. The molecular formula is C11H25N3O. The van der Waals surface area contributed by atoms with Crippen LogP contribution in [0.25, 0.3) is 0 Å². The van der Waals surface area contributed by atoms with E-state index >= 15 is 0 Å². The van der Waals surface area contributed by atoms with Crippen LogP contribution in [0.3, 0.4) is 0 Å². The van der Waals surface area contributed by atoms with Gasteiger partial charge in [-0.1, -0.05) is 13.3 Å². The van der Waals surface area contributed by atoms with Crippen LogP contribution in [-0.2, 0) is 4.79 Å². The highest BCUT2D eigenvalue weighted by atomic mass is 16.2. The molecule has 90 valence electrons. The number of nitrogens with two attached hydrogens (primary N) is 1. The van der Waals surface area contributed by atoms with Crippen LogP contribution in [0, 0.1) is 0 Å². The summed E-state index contributed by atoms with van der Waals surface area (Å²) in [4.78, 5) is 13.2. The molecule has 0 aliphatic carbocycles. The summed E-state index contributed by atoms with van der Waals surface area (Å²) in [6, 6.07) is 0.637. The summed E-state index contributed by atoms with van der Waals surface area (Å²) < 4.78 is 0. The number of carbonyl (C=O) groups is 1. The number of rotatable bonds is 8. The van der Waals surface area contributed by atoms with Crippen molar-refractivity contribution in [1.29, 1.82) is 0 Å². The van der Waals surface area contributed by atoms with Gasteiger partial charge in [0.2, 0.25) is 5.91 Å². The molecule has 0 aliphatic rings. The minimum absolute atomic E-state index is 0.0701. The minimum atomic E-state index is -0.0701. The van der Waals surface area contributed by atoms with Gasteiger partial charge in [-0.15, -0.1) is 0 Å². The van der Waals surface area contributed by atoms with Gasteiger partial charge in [0.1, 0.15) is 0 Å². The fourth-order valence-electron chi connectivity index (χ4n) is 1.58. The summed E-state index contributed by atoms with van der Waals surface area (Å²) in [5, 5.41) is 0. The molecule has 0 fully saturated rings. The Balaban J connectivity index is 3.45. The molecule has 3 N–H and O–H groups in total. The van der Waals surface area contributed by atoms with Crippen molar-refractivity contribution < 1.29 is 4.79 Å². The number of hydrogen-bond acceptors (Lipinski definition) is 3. The predicted molar refractivity (Wildman–Crippen MR) is 63.2 cm³/mol. The highest BCUT2D eigenvalue weighted by Crippen LogP contribution is 2.06. The molecule has 1 amide bonds. The second kappa shape index (κ2) is 8.68. The maximum absolute atomic E-state index is 10.8. The first kappa shape index (κ1) is 14.4. The average molecular weight is 215 g/mol. The lowest BCUT2D eigenvalue weighted by Gasteiger charge is -2.24. The Morgan fingerprint density at radius 3 is 2.67 bits per heavy atom. The number of nitrogens with zero attached hydrogens (tertiary/aromatic N) is 1. The van der Waals surface area contributed by atoms with Gasteiger partial charge in [-0.25, -0.2) is 5.84 Å². The second-order valence-corrected chi connectivity index (χ2v) is 4.14. The van der Waals surface area contributed by atoms with Gasteiger partial charge in [0.05, 0.1) is 0 Å². The molecule has 4 heteroatoms. The molecule has 0 aliphatic heterocycles. The van der Waals surface area contributed by atoms with Crippen LogP contribution in [0.1, 0.15) is 46.0 Å². The number of hydrogen-bond donors (Lipinski definition) is 2. The van der Waals surface area contributed by atoms with E-state index in [4.69, 9.17) is 5.84 Å². The van der Waals surface area contributed by atoms with Crippen molar-refractivity contribution in [3.63, 3.8) is 0 Å². The molecule has 1 atom stereocenters. The average Bonchev–Trinajstić information content (AvgIpc) is 2.23. The van der Waals surface area contributed by atoms with Crippen molar-refractivity contribution in [3.8, 4) is 0 Å². The third kappa shape index (κ3) is 7.33. The van der Waals surface area contributed by atoms with Gasteiger partial charge in [-0.3, -0.25) is 10.2 Å². The summed E-state index contributed by atoms with van der Waals surface area (Å²) in [5.74, 6) is 4.92. The summed E-state index contributed by atoms with van der Waals surface area (Å²) in [7, 11) is 2.14. The first-order chi connectivity index (χ1) is 7.11. The monoisotopic (exact) mass is 215 g/mol. The number of amides is 1. The Morgan fingerprint density at radius 1 is 1.47 bits per heavy atom. The van der Waals surface area contributed by atoms with Crippen LogP contribution in [0.15, 0.2) is 0 Å². The molecule has 0 saturated heterocycles. The lowest BCUT2D eigenvalue weighted by atomic mass is 10.1. The van der Waals surface area contributed by atoms with E-state index in [1.54, 1.807) is 0 Å². The molecule has 0 bridgehead atoms. The Morgan fingerprint density at radius 2 is 2.13 bits per heavy atom. The molecule has 4 nitrogen and oxygen atoms in total. The molecular weight excluding hydrogens is 190 g/mol. The molecule has 0 heterocycles. The normalized spacial score (nSPS) is 12.9. The zero-order valence-electron chi connectivity index (χ0n) is 10.3. The standard InChI is InChI=1S/C11H25N3O/c1-4-7-10(2)14(3)9-6-5-8-11(15)13-12/h10H,4-9,12H2,1-3H3,(H,13,15). The largest absolute Gasteiger partial charge is 0.304 e. The van der Waals surface area contributed by atoms with Crippen molar-refractivity contribution in [1.82, 2.24) is 10.3 Å². The van der Waals surface area contributed by atoms with E-state index in [-0.39, 0.29) is 5.91 Å². The number of hydrazine groups is 1. The van der Waals surface area contributed by atoms with Gasteiger partial charge in [-0.2, -0.15) is 0 Å². The van der Waals surface area contributed by atoms with Crippen molar-refractivity contribution in [2.75, 3.05) is 13.6 Å². The molecule has 1 unspecified atom stereocenters. The van der Waals surface area contributed by atoms with Gasteiger partial charge in [-0.05, 0) is 39.8 Å². The lowest BCUT2D eigenvalue weighted by molar-refractivity contribution is -0.121. The van der Waals surface area contributed by atoms with E-state index in [2.05, 4.69) is 31.2 Å². The highest BCUT2D eigenvalue weighted by molar-refractivity contribution is 5.74. The Labute approximate surface area is 93.2 Å². The van der Waals surface area contributed by atoms with Crippen molar-refractivity contribution in [3.05, 3.63) is 0 Å². The van der Waals surface area contributed by atoms with Crippen LogP contribution < -0.4 is 11.3 Å². The third-order valence-electron chi connectivity index (χ3n) is 2.78. The van der Waals surface area contributed by atoms with E-state index < -0.39 is 0 Å². The van der Waals surface area contributed by atoms with Gasteiger partial charge in [0.15, 0.2) is 0 Å². The molecule has 15 heavy (non-hydrogen) atoms. The molecule has 0 aromatic rings. The van der Waals surface area contributed by atoms with Crippen LogP contribution in [0.2, 0.25) is 0 Å². The molecule has 0 rings (SSSR count). The summed E-state index contributed by atoms with van der Waals surface area (Å²) in [5.41, 5.74) is 2.14. The van der Waals surface area contributed by atoms with Gasteiger partial charge >= 0.3 is 0 Å². The quantitative estimate of drug-likeness (QED) is 0.277. The van der Waals surface area contributed by atoms with E-state index in [1.807, 2.05) is 0 Å². The highest BCUT2D eigenvalue weighted by Gasteiger charge is 2.07. The van der Waals surface area contributed by atoms with Gasteiger partial charge < -0.3 is 4.90 Å². The zero-order chi connectivity index (χ0) is 11.7. The summed E-state index contributed by atoms with van der Waals surface area (Å²) in [6.45, 7) is 5.50. The predicted octanol–water partition coefficient (Wildman–Crippen LogP) is 1.27. The maximum Gasteiger partial charge on any atom is 0.233 e. The Bertz CT molecular complexity index is 173. The SMILES string of the molecule is CCCC(C)N(C)CCCCC(=O)NN. The molecule has 0 aromatic heterocycles. The topological polar surface area (TPSA) is 58.4 Å². The molecule has 0 aromatic carbocycles. The van der Waals surface area contributed by atoms with Crippen molar-refractivity contribution in [2.45, 2.75) is 52.0 Å². The lowest BCUT2D eigenvalue weighted by Crippen LogP contribution is -2.31. The molecule has 0 saturated carbocycles. The van der Waals surface area contributed by atoms with Crippen molar-refractivity contribution in [2.24, 2.45) is 5.84 Å². The second-order valence-electron chi connectivity index (χ2n) is 4.14. The number of carbonyl (C=O) groups excluding carboxylic acids is 1. The fraction of sp³-hybridized carbons (Fsp3) is 0.909. The van der Waals surface area contributed by atoms with E-state index in [9.17, 15) is 4.79 Å². The van der Waals surface area contributed by atoms with E-state index in [1.165, 1.54) is 12.8 Å². The van der Waals surface area contributed by atoms with E-state index in [0.717, 1.165) is 19.4 Å². The Hall–Kier alpha value is -0.610. The van der Waals surface area contributed by atoms with Crippen LogP contribution in [0.5, 0.6) is 0 Å². The van der Waals surface area contributed by atoms with Crippen LogP contribution >= 0.6 is 0 Å². The van der Waals surface area contributed by atoms with Gasteiger partial charge in [0, 0.05) is 12.5 Å². The molecule has 0 spiro atoms. The zero-order valence-corrected chi connectivity index (χ0v) is 10.3. The van der Waals surface area contributed by atoms with Crippen molar-refractivity contribution >= 4 is 5.91 Å². The van der Waals surface area contributed by atoms with Crippen LogP contribution in [-0.4, -0.2) is 30.4 Å². The third-order valence-corrected chi connectivity index (χ3v) is 2.78. The summed E-state index contributed by atoms with van der Waals surface area (Å²) in [6.07, 6.45) is 4.96. The number of unbranched alkanes of at least 4 members (excludes halogenated alkanes) is 1. The van der Waals surface area contributed by atoms with Crippen LogP contribution in [0.4, 0.5) is 0 Å². The van der Waals surface area contributed by atoms with E-state index in [0.29, 0.717) is 12.5 Å². The first-order valence-electron chi connectivity index (χ1n) is 5.81. The number of nitrogens with one attached hydrogen (secondary N) is 1.